The summed E-state index contributed by atoms with van der Waals surface area (Å²) < 4.78 is 2.03. The van der Waals surface area contributed by atoms with Crippen LogP contribution >= 0.6 is 0 Å². The van der Waals surface area contributed by atoms with E-state index in [9.17, 15) is 4.79 Å². The molecule has 0 aliphatic heterocycles. The van der Waals surface area contributed by atoms with Crippen LogP contribution in [0.2, 0.25) is 0 Å². The predicted octanol–water partition coefficient (Wildman–Crippen LogP) is 5.02. The van der Waals surface area contributed by atoms with Crippen molar-refractivity contribution < 1.29 is 4.79 Å². The summed E-state index contributed by atoms with van der Waals surface area (Å²) in [4.78, 5) is 14.7. The van der Waals surface area contributed by atoms with E-state index in [0.717, 1.165) is 35.1 Å². The molecule has 2 amide bonds. The first-order valence-corrected chi connectivity index (χ1v) is 8.38. The van der Waals surface area contributed by atoms with Gasteiger partial charge in [0.25, 0.3) is 0 Å². The molecule has 1 aromatic heterocycles. The predicted molar refractivity (Wildman–Crippen MR) is 101 cm³/mol. The largest absolute Gasteiger partial charge is 0.348 e. The lowest BCUT2D eigenvalue weighted by molar-refractivity contribution is 0.257. The molecule has 1 heterocycles. The zero-order valence-corrected chi connectivity index (χ0v) is 14.2. The maximum Gasteiger partial charge on any atom is 0.326 e. The Kier molecular flexibility index (Phi) is 4.85. The molecule has 0 saturated carbocycles. The van der Waals surface area contributed by atoms with Gasteiger partial charge in [-0.25, -0.2) is 4.79 Å². The Hall–Kier alpha value is -2.75. The van der Waals surface area contributed by atoms with E-state index < -0.39 is 0 Å². The van der Waals surface area contributed by atoms with Crippen LogP contribution < -0.4 is 10.2 Å². The van der Waals surface area contributed by atoms with Gasteiger partial charge in [-0.1, -0.05) is 49.7 Å². The lowest BCUT2D eigenvalue weighted by Gasteiger charge is -2.23. The van der Waals surface area contributed by atoms with E-state index in [1.54, 1.807) is 0 Å². The SMILES string of the molecule is CCCCN(C(=O)Nc1cn(C)c2ccccc12)c1ccccc1. The minimum Gasteiger partial charge on any atom is -0.348 e. The number of hydrogen-bond donors (Lipinski definition) is 1. The second kappa shape index (κ2) is 7.21. The summed E-state index contributed by atoms with van der Waals surface area (Å²) in [5, 5.41) is 4.13. The number of hydrogen-bond acceptors (Lipinski definition) is 1. The number of carbonyl (C=O) groups is 1. The average molecular weight is 321 g/mol. The van der Waals surface area contributed by atoms with Crippen LogP contribution in [0.3, 0.4) is 0 Å². The van der Waals surface area contributed by atoms with Gasteiger partial charge in [0.15, 0.2) is 0 Å². The van der Waals surface area contributed by atoms with Crippen LogP contribution in [0.4, 0.5) is 16.2 Å². The molecule has 0 saturated heterocycles. The van der Waals surface area contributed by atoms with E-state index in [2.05, 4.69) is 18.3 Å². The van der Waals surface area contributed by atoms with Crippen LogP contribution in [-0.2, 0) is 7.05 Å². The third kappa shape index (κ3) is 3.27. The minimum absolute atomic E-state index is 0.0917. The number of fused-ring (bicyclic) bond motifs is 1. The number of benzene rings is 2. The number of aryl methyl sites for hydroxylation is 1. The number of aromatic nitrogens is 1. The van der Waals surface area contributed by atoms with Crippen LogP contribution in [-0.4, -0.2) is 17.1 Å². The fourth-order valence-electron chi connectivity index (χ4n) is 2.90. The smallest absolute Gasteiger partial charge is 0.326 e. The van der Waals surface area contributed by atoms with Gasteiger partial charge in [-0.3, -0.25) is 4.90 Å². The Morgan fingerprint density at radius 1 is 1.08 bits per heavy atom. The topological polar surface area (TPSA) is 37.3 Å². The van der Waals surface area contributed by atoms with Crippen molar-refractivity contribution in [1.29, 1.82) is 0 Å². The molecule has 3 aromatic rings. The number of carbonyl (C=O) groups excluding carboxylic acids is 1. The maximum atomic E-state index is 12.9. The van der Waals surface area contributed by atoms with Gasteiger partial charge < -0.3 is 9.88 Å². The zero-order valence-electron chi connectivity index (χ0n) is 14.2. The van der Waals surface area contributed by atoms with E-state index in [-0.39, 0.29) is 6.03 Å². The highest BCUT2D eigenvalue weighted by atomic mass is 16.2. The summed E-state index contributed by atoms with van der Waals surface area (Å²) in [5.41, 5.74) is 2.87. The van der Waals surface area contributed by atoms with Crippen LogP contribution in [0.5, 0.6) is 0 Å². The van der Waals surface area contributed by atoms with Gasteiger partial charge in [-0.05, 0) is 24.6 Å². The lowest BCUT2D eigenvalue weighted by Crippen LogP contribution is -2.35. The van der Waals surface area contributed by atoms with Crippen molar-refractivity contribution in [3.8, 4) is 0 Å². The van der Waals surface area contributed by atoms with Gasteiger partial charge in [0.2, 0.25) is 0 Å². The van der Waals surface area contributed by atoms with Crippen molar-refractivity contribution in [2.24, 2.45) is 7.05 Å². The van der Waals surface area contributed by atoms with Crippen molar-refractivity contribution in [2.75, 3.05) is 16.8 Å². The van der Waals surface area contributed by atoms with Gasteiger partial charge in [-0.2, -0.15) is 0 Å². The summed E-state index contributed by atoms with van der Waals surface area (Å²) >= 11 is 0. The molecule has 2 aromatic carbocycles. The first-order chi connectivity index (χ1) is 11.7. The second-order valence-corrected chi connectivity index (χ2v) is 5.94. The molecule has 0 radical (unpaired) electrons. The van der Waals surface area contributed by atoms with Gasteiger partial charge in [0.05, 0.1) is 5.69 Å². The lowest BCUT2D eigenvalue weighted by atomic mass is 10.2. The standard InChI is InChI=1S/C20H23N3O/c1-3-4-14-23(16-10-6-5-7-11-16)20(24)21-18-15-22(2)19-13-9-8-12-17(18)19/h5-13,15H,3-4,14H2,1-2H3,(H,21,24). The Morgan fingerprint density at radius 2 is 1.79 bits per heavy atom. The Labute approximate surface area is 142 Å². The van der Waals surface area contributed by atoms with Crippen LogP contribution in [0.1, 0.15) is 19.8 Å². The Morgan fingerprint density at radius 3 is 2.54 bits per heavy atom. The van der Waals surface area contributed by atoms with Crippen LogP contribution in [0, 0.1) is 0 Å². The molecule has 0 aliphatic carbocycles. The van der Waals surface area contributed by atoms with E-state index in [4.69, 9.17) is 0 Å². The molecule has 0 atom stereocenters. The maximum absolute atomic E-state index is 12.9. The van der Waals surface area contributed by atoms with Gasteiger partial charge in [0, 0.05) is 36.4 Å². The van der Waals surface area contributed by atoms with Crippen molar-refractivity contribution in [1.82, 2.24) is 4.57 Å². The Bertz CT molecular complexity index is 823. The molecule has 0 spiro atoms. The van der Waals surface area contributed by atoms with Crippen molar-refractivity contribution in [2.45, 2.75) is 19.8 Å². The number of anilines is 2. The van der Waals surface area contributed by atoms with Gasteiger partial charge in [0.1, 0.15) is 0 Å². The molecular formula is C20H23N3O. The minimum atomic E-state index is -0.0917. The quantitative estimate of drug-likeness (QED) is 0.704. The van der Waals surface area contributed by atoms with E-state index in [1.165, 1.54) is 0 Å². The van der Waals surface area contributed by atoms with E-state index in [1.807, 2.05) is 71.2 Å². The van der Waals surface area contributed by atoms with E-state index in [0.29, 0.717) is 6.54 Å². The first-order valence-electron chi connectivity index (χ1n) is 8.38. The van der Waals surface area contributed by atoms with Crippen molar-refractivity contribution in [3.05, 3.63) is 60.8 Å². The molecule has 124 valence electrons. The summed E-state index contributed by atoms with van der Waals surface area (Å²) in [6.07, 6.45) is 3.98. The fourth-order valence-corrected chi connectivity index (χ4v) is 2.90. The third-order valence-corrected chi connectivity index (χ3v) is 4.19. The first kappa shape index (κ1) is 16.1. The number of para-hydroxylation sites is 2. The van der Waals surface area contributed by atoms with Gasteiger partial charge >= 0.3 is 6.03 Å². The van der Waals surface area contributed by atoms with Crippen molar-refractivity contribution in [3.63, 3.8) is 0 Å². The monoisotopic (exact) mass is 321 g/mol. The molecule has 24 heavy (non-hydrogen) atoms. The molecule has 1 N–H and O–H groups in total. The van der Waals surface area contributed by atoms with Crippen LogP contribution in [0.15, 0.2) is 60.8 Å². The van der Waals surface area contributed by atoms with Crippen LogP contribution in [0.25, 0.3) is 10.9 Å². The molecule has 0 unspecified atom stereocenters. The molecule has 4 nitrogen and oxygen atoms in total. The molecule has 3 rings (SSSR count). The molecule has 4 heteroatoms. The number of nitrogens with one attached hydrogen (secondary N) is 1. The number of rotatable bonds is 5. The Balaban J connectivity index is 1.87. The zero-order chi connectivity index (χ0) is 16.9. The summed E-state index contributed by atoms with van der Waals surface area (Å²) in [6, 6.07) is 17.8. The second-order valence-electron chi connectivity index (χ2n) is 5.94. The third-order valence-electron chi connectivity index (χ3n) is 4.19. The summed E-state index contributed by atoms with van der Waals surface area (Å²) in [5.74, 6) is 0. The number of urea groups is 1. The van der Waals surface area contributed by atoms with Gasteiger partial charge in [-0.15, -0.1) is 0 Å². The molecular weight excluding hydrogens is 298 g/mol. The average Bonchev–Trinajstić information content (AvgIpc) is 2.92. The summed E-state index contributed by atoms with van der Waals surface area (Å²) in [6.45, 7) is 2.84. The molecule has 0 aliphatic rings. The van der Waals surface area contributed by atoms with E-state index >= 15 is 0 Å². The highest BCUT2D eigenvalue weighted by molar-refractivity contribution is 6.07. The number of unbranched alkanes of at least 4 members (excludes halogenated alkanes) is 1. The highest BCUT2D eigenvalue weighted by Crippen LogP contribution is 2.26. The fraction of sp³-hybridized carbons (Fsp3) is 0.250. The summed E-state index contributed by atoms with van der Waals surface area (Å²) in [7, 11) is 1.99. The number of nitrogens with zero attached hydrogens (tertiary/aromatic N) is 2. The molecule has 0 fully saturated rings. The normalized spacial score (nSPS) is 10.8. The number of amides is 2. The van der Waals surface area contributed by atoms with Crippen molar-refractivity contribution >= 4 is 28.3 Å². The molecule has 0 bridgehead atoms. The highest BCUT2D eigenvalue weighted by Gasteiger charge is 2.17.